The number of hydrogen-bond acceptors (Lipinski definition) is 10. The number of carbonyl (C=O) groups is 4. The summed E-state index contributed by atoms with van der Waals surface area (Å²) in [6.07, 6.45) is 0. The molecule has 3 aromatic carbocycles. The second-order valence-electron chi connectivity index (χ2n) is 10.7. The van der Waals surface area contributed by atoms with Crippen LogP contribution >= 0.6 is 39.0 Å². The Hall–Kier alpha value is -4.40. The molecule has 2 N–H and O–H groups in total. The number of imide groups is 1. The molecule has 1 saturated heterocycles. The molecule has 0 spiro atoms. The van der Waals surface area contributed by atoms with Gasteiger partial charge in [-0.25, -0.2) is 9.69 Å². The minimum Gasteiger partial charge on any atom is -0.504 e. The van der Waals surface area contributed by atoms with E-state index in [1.165, 1.54) is 27.7 Å². The molecule has 0 bridgehead atoms. The zero-order valence-corrected chi connectivity index (χ0v) is 28.3. The van der Waals surface area contributed by atoms with Gasteiger partial charge in [-0.05, 0) is 80.1 Å². The SMILES string of the molecule is CCOC(=O)c1ccc(NC(=O)Cn2c3c(sc2=O)C(c2ccc(O)c(OCC)c2)C2C(=O)N(c4ccc(Br)cc4)C(=O)C2S3)cc1. The van der Waals surface area contributed by atoms with Crippen molar-refractivity contribution < 1.29 is 33.8 Å². The Bertz CT molecular complexity index is 1940. The Balaban J connectivity index is 1.36. The second kappa shape index (κ2) is 13.4. The summed E-state index contributed by atoms with van der Waals surface area (Å²) < 4.78 is 12.7. The maximum Gasteiger partial charge on any atom is 0.338 e. The van der Waals surface area contributed by atoms with E-state index in [9.17, 15) is 29.1 Å². The Labute approximate surface area is 285 Å². The smallest absolute Gasteiger partial charge is 0.338 e. The highest BCUT2D eigenvalue weighted by Crippen LogP contribution is 2.54. The number of benzene rings is 3. The molecular weight excluding hydrogens is 710 g/mol. The van der Waals surface area contributed by atoms with E-state index < -0.39 is 45.6 Å². The highest BCUT2D eigenvalue weighted by Gasteiger charge is 2.57. The molecule has 242 valence electrons. The zero-order chi connectivity index (χ0) is 33.4. The standard InChI is InChI=1S/C33H28BrN3O8S2/c1-3-44-23-15-18(7-14-22(23)38)25-26-27(30(41)37(29(26)40)21-12-8-19(34)9-13-21)46-31-28(25)47-33(43)36(31)16-24(39)35-20-10-5-17(6-11-20)32(42)45-4-2/h5-15,25-27,38H,3-4,16H2,1-2H3,(H,35,39). The molecule has 0 aliphatic carbocycles. The van der Waals surface area contributed by atoms with E-state index in [4.69, 9.17) is 9.47 Å². The third-order valence-electron chi connectivity index (χ3n) is 7.76. The number of phenols is 1. The van der Waals surface area contributed by atoms with Crippen molar-refractivity contribution in [3.8, 4) is 11.5 Å². The number of fused-ring (bicyclic) bond motifs is 2. The number of rotatable bonds is 9. The average Bonchev–Trinajstić information content (AvgIpc) is 3.49. The van der Waals surface area contributed by atoms with Crippen molar-refractivity contribution in [1.29, 1.82) is 0 Å². The van der Waals surface area contributed by atoms with Crippen LogP contribution in [0.4, 0.5) is 11.4 Å². The lowest BCUT2D eigenvalue weighted by Crippen LogP contribution is -2.33. The first-order chi connectivity index (χ1) is 22.6. The van der Waals surface area contributed by atoms with Crippen molar-refractivity contribution in [2.75, 3.05) is 23.4 Å². The number of carbonyl (C=O) groups excluding carboxylic acids is 4. The second-order valence-corrected chi connectivity index (χ2v) is 13.7. The number of anilines is 2. The molecule has 2 aliphatic rings. The number of aromatic nitrogens is 1. The van der Waals surface area contributed by atoms with Crippen LogP contribution in [0.3, 0.4) is 0 Å². The normalized spacial score (nSPS) is 18.4. The van der Waals surface area contributed by atoms with Gasteiger partial charge in [0, 0.05) is 21.0 Å². The van der Waals surface area contributed by atoms with Crippen molar-refractivity contribution in [2.24, 2.45) is 5.92 Å². The predicted octanol–water partition coefficient (Wildman–Crippen LogP) is 5.39. The number of esters is 1. The number of thioether (sulfide) groups is 1. The Morgan fingerprint density at radius 1 is 0.957 bits per heavy atom. The average molecular weight is 739 g/mol. The van der Waals surface area contributed by atoms with E-state index in [-0.39, 0.29) is 31.3 Å². The molecule has 0 radical (unpaired) electrons. The number of halogens is 1. The van der Waals surface area contributed by atoms with E-state index in [2.05, 4.69) is 21.2 Å². The molecule has 3 atom stereocenters. The third-order valence-corrected chi connectivity index (χ3v) is 10.9. The minimum atomic E-state index is -0.883. The number of thiazole rings is 1. The van der Waals surface area contributed by atoms with E-state index in [0.29, 0.717) is 32.4 Å². The van der Waals surface area contributed by atoms with Crippen LogP contribution in [0.5, 0.6) is 11.5 Å². The summed E-state index contributed by atoms with van der Waals surface area (Å²) in [4.78, 5) is 68.0. The van der Waals surface area contributed by atoms with Crippen LogP contribution in [0.15, 0.2) is 81.0 Å². The number of phenolic OH excluding ortho intramolecular Hbond substituents is 1. The van der Waals surface area contributed by atoms with Gasteiger partial charge < -0.3 is 19.9 Å². The van der Waals surface area contributed by atoms with Crippen LogP contribution in [-0.2, 0) is 25.7 Å². The zero-order valence-electron chi connectivity index (χ0n) is 25.1. The Morgan fingerprint density at radius 3 is 2.36 bits per heavy atom. The van der Waals surface area contributed by atoms with Gasteiger partial charge in [0.15, 0.2) is 11.5 Å². The van der Waals surface area contributed by atoms with Gasteiger partial charge >= 0.3 is 10.8 Å². The van der Waals surface area contributed by atoms with E-state index in [1.807, 2.05) is 0 Å². The van der Waals surface area contributed by atoms with Crippen molar-refractivity contribution in [3.05, 3.63) is 96.9 Å². The molecule has 6 rings (SSSR count). The highest BCUT2D eigenvalue weighted by molar-refractivity contribution is 9.10. The fourth-order valence-corrected chi connectivity index (χ4v) is 8.74. The van der Waals surface area contributed by atoms with Crippen molar-refractivity contribution in [2.45, 2.75) is 36.6 Å². The number of hydrogen-bond donors (Lipinski definition) is 2. The molecule has 3 amide bonds. The van der Waals surface area contributed by atoms with Gasteiger partial charge in [0.25, 0.3) is 0 Å². The summed E-state index contributed by atoms with van der Waals surface area (Å²) in [5, 5.41) is 12.7. The molecule has 14 heteroatoms. The molecule has 0 saturated carbocycles. The fourth-order valence-electron chi connectivity index (χ4n) is 5.70. The molecule has 2 aliphatic heterocycles. The van der Waals surface area contributed by atoms with Crippen LogP contribution in [0, 0.1) is 5.92 Å². The van der Waals surface area contributed by atoms with Gasteiger partial charge in [-0.1, -0.05) is 45.1 Å². The van der Waals surface area contributed by atoms with E-state index in [0.717, 1.165) is 27.6 Å². The van der Waals surface area contributed by atoms with E-state index in [1.54, 1.807) is 62.4 Å². The summed E-state index contributed by atoms with van der Waals surface area (Å²) in [5.74, 6) is -3.28. The summed E-state index contributed by atoms with van der Waals surface area (Å²) in [5.41, 5.74) is 1.76. The van der Waals surface area contributed by atoms with Crippen LogP contribution in [0.25, 0.3) is 0 Å². The third kappa shape index (κ3) is 6.20. The quantitative estimate of drug-likeness (QED) is 0.171. The first-order valence-corrected chi connectivity index (χ1v) is 17.2. The van der Waals surface area contributed by atoms with Gasteiger partial charge in [-0.3, -0.25) is 23.7 Å². The topological polar surface area (TPSA) is 144 Å². The van der Waals surface area contributed by atoms with Gasteiger partial charge in [0.2, 0.25) is 17.7 Å². The summed E-state index contributed by atoms with van der Waals surface area (Å²) in [6, 6.07) is 17.8. The van der Waals surface area contributed by atoms with Crippen molar-refractivity contribution in [3.63, 3.8) is 0 Å². The molecular formula is C33H28BrN3O8S2. The molecule has 11 nitrogen and oxygen atoms in total. The maximum atomic E-state index is 14.1. The van der Waals surface area contributed by atoms with Crippen LogP contribution in [0.1, 0.15) is 40.6 Å². The Kier molecular flexibility index (Phi) is 9.26. The maximum absolute atomic E-state index is 14.1. The van der Waals surface area contributed by atoms with Crippen molar-refractivity contribution >= 4 is 74.1 Å². The highest BCUT2D eigenvalue weighted by atomic mass is 79.9. The summed E-state index contributed by atoms with van der Waals surface area (Å²) in [7, 11) is 0. The lowest BCUT2D eigenvalue weighted by atomic mass is 9.83. The van der Waals surface area contributed by atoms with Crippen molar-refractivity contribution in [1.82, 2.24) is 4.57 Å². The number of ether oxygens (including phenoxy) is 2. The first kappa shape index (κ1) is 32.5. The van der Waals surface area contributed by atoms with Gasteiger partial charge in [-0.15, -0.1) is 0 Å². The molecule has 1 aromatic heterocycles. The minimum absolute atomic E-state index is 0.0828. The number of aromatic hydroxyl groups is 1. The number of nitrogens with zero attached hydrogens (tertiary/aromatic N) is 2. The molecule has 3 unspecified atom stereocenters. The first-order valence-electron chi connectivity index (χ1n) is 14.7. The van der Waals surface area contributed by atoms with Gasteiger partial charge in [0.05, 0.1) is 35.4 Å². The molecule has 3 heterocycles. The van der Waals surface area contributed by atoms with Gasteiger partial charge in [0.1, 0.15) is 11.8 Å². The van der Waals surface area contributed by atoms with Crippen LogP contribution < -0.4 is 19.8 Å². The number of nitrogens with one attached hydrogen (secondary N) is 1. The molecule has 1 fully saturated rings. The van der Waals surface area contributed by atoms with Crippen LogP contribution in [-0.4, -0.2) is 51.8 Å². The lowest BCUT2D eigenvalue weighted by Gasteiger charge is -2.31. The molecule has 47 heavy (non-hydrogen) atoms. The number of amides is 3. The summed E-state index contributed by atoms with van der Waals surface area (Å²) in [6.45, 7) is 3.66. The largest absolute Gasteiger partial charge is 0.504 e. The Morgan fingerprint density at radius 2 is 1.68 bits per heavy atom. The molecule has 4 aromatic rings. The predicted molar refractivity (Wildman–Crippen MR) is 180 cm³/mol. The monoisotopic (exact) mass is 737 g/mol. The van der Waals surface area contributed by atoms with Gasteiger partial charge in [-0.2, -0.15) is 0 Å². The fraction of sp³-hybridized carbons (Fsp3) is 0.242. The van der Waals surface area contributed by atoms with Crippen LogP contribution in [0.2, 0.25) is 0 Å². The lowest BCUT2D eigenvalue weighted by molar-refractivity contribution is -0.122. The summed E-state index contributed by atoms with van der Waals surface area (Å²) >= 11 is 5.41. The van der Waals surface area contributed by atoms with E-state index >= 15 is 0 Å².